The van der Waals surface area contributed by atoms with Crippen molar-refractivity contribution in [2.75, 3.05) is 32.0 Å². The van der Waals surface area contributed by atoms with E-state index in [0.717, 1.165) is 25.3 Å². The van der Waals surface area contributed by atoms with E-state index in [1.54, 1.807) is 0 Å². The molecular formula is C15H25N3O. The van der Waals surface area contributed by atoms with Gasteiger partial charge in [0.1, 0.15) is 0 Å². The number of rotatable bonds is 8. The number of nitrogens with one attached hydrogen (secondary N) is 2. The molecule has 106 valence electrons. The van der Waals surface area contributed by atoms with Crippen LogP contribution in [0.15, 0.2) is 24.3 Å². The predicted octanol–water partition coefficient (Wildman–Crippen LogP) is 2.08. The van der Waals surface area contributed by atoms with Gasteiger partial charge in [-0.2, -0.15) is 0 Å². The van der Waals surface area contributed by atoms with E-state index in [9.17, 15) is 4.79 Å². The first-order valence-electron chi connectivity index (χ1n) is 6.96. The molecule has 0 radical (unpaired) electrons. The van der Waals surface area contributed by atoms with Gasteiger partial charge in [0.2, 0.25) is 5.91 Å². The van der Waals surface area contributed by atoms with Crippen LogP contribution < -0.4 is 10.6 Å². The van der Waals surface area contributed by atoms with Crippen LogP contribution in [0.3, 0.4) is 0 Å². The lowest BCUT2D eigenvalue weighted by Crippen LogP contribution is -2.24. The van der Waals surface area contributed by atoms with Gasteiger partial charge in [0.15, 0.2) is 0 Å². The van der Waals surface area contributed by atoms with Crippen molar-refractivity contribution in [3.8, 4) is 0 Å². The van der Waals surface area contributed by atoms with Crippen LogP contribution in [0.5, 0.6) is 0 Å². The fourth-order valence-corrected chi connectivity index (χ4v) is 1.92. The van der Waals surface area contributed by atoms with Crippen molar-refractivity contribution in [2.45, 2.75) is 26.8 Å². The largest absolute Gasteiger partial charge is 0.326 e. The average Bonchev–Trinajstić information content (AvgIpc) is 2.44. The van der Waals surface area contributed by atoms with E-state index in [1.807, 2.05) is 25.2 Å². The van der Waals surface area contributed by atoms with Gasteiger partial charge in [-0.1, -0.05) is 32.0 Å². The van der Waals surface area contributed by atoms with Crippen molar-refractivity contribution in [1.82, 2.24) is 10.2 Å². The molecule has 0 saturated heterocycles. The molecule has 0 heterocycles. The number of hydrogen-bond acceptors (Lipinski definition) is 3. The van der Waals surface area contributed by atoms with Crippen molar-refractivity contribution < 1.29 is 4.79 Å². The van der Waals surface area contributed by atoms with Crippen LogP contribution in [-0.4, -0.2) is 37.5 Å². The molecule has 0 aliphatic carbocycles. The van der Waals surface area contributed by atoms with E-state index >= 15 is 0 Å². The highest BCUT2D eigenvalue weighted by atomic mass is 16.1. The van der Waals surface area contributed by atoms with Crippen LogP contribution in [0.25, 0.3) is 0 Å². The fourth-order valence-electron chi connectivity index (χ4n) is 1.92. The molecule has 0 unspecified atom stereocenters. The predicted molar refractivity (Wildman–Crippen MR) is 80.2 cm³/mol. The van der Waals surface area contributed by atoms with Gasteiger partial charge in [-0.05, 0) is 31.8 Å². The van der Waals surface area contributed by atoms with Gasteiger partial charge in [-0.25, -0.2) is 0 Å². The monoisotopic (exact) mass is 263 g/mol. The zero-order chi connectivity index (χ0) is 14.1. The highest BCUT2D eigenvalue weighted by molar-refractivity contribution is 5.91. The fraction of sp³-hybridized carbons (Fsp3) is 0.533. The average molecular weight is 263 g/mol. The molecule has 0 aliphatic rings. The summed E-state index contributed by atoms with van der Waals surface area (Å²) in [5, 5.41) is 5.97. The first kappa shape index (κ1) is 15.7. The summed E-state index contributed by atoms with van der Waals surface area (Å²) in [6.07, 6.45) is 0.496. The maximum Gasteiger partial charge on any atom is 0.225 e. The summed E-state index contributed by atoms with van der Waals surface area (Å²) in [5.74, 6) is 0.0568. The molecule has 1 aromatic carbocycles. The molecule has 0 saturated carbocycles. The summed E-state index contributed by atoms with van der Waals surface area (Å²) in [4.78, 5) is 14.1. The number of carbonyl (C=O) groups is 1. The Bertz CT molecular complexity index is 389. The molecule has 0 atom stereocenters. The maximum absolute atomic E-state index is 11.8. The lowest BCUT2D eigenvalue weighted by molar-refractivity contribution is -0.116. The number of nitrogens with zero attached hydrogens (tertiary/aromatic N) is 1. The van der Waals surface area contributed by atoms with Crippen LogP contribution in [0.1, 0.15) is 25.8 Å². The maximum atomic E-state index is 11.8. The smallest absolute Gasteiger partial charge is 0.225 e. The molecule has 4 nitrogen and oxygen atoms in total. The summed E-state index contributed by atoms with van der Waals surface area (Å²) in [7, 11) is 1.85. The summed E-state index contributed by atoms with van der Waals surface area (Å²) in [6, 6.07) is 8.02. The Morgan fingerprint density at radius 3 is 2.53 bits per heavy atom. The van der Waals surface area contributed by atoms with Crippen LogP contribution in [-0.2, 0) is 11.3 Å². The van der Waals surface area contributed by atoms with E-state index < -0.39 is 0 Å². The highest BCUT2D eigenvalue weighted by Crippen LogP contribution is 2.17. The van der Waals surface area contributed by atoms with Gasteiger partial charge in [-0.15, -0.1) is 0 Å². The van der Waals surface area contributed by atoms with Crippen molar-refractivity contribution >= 4 is 11.6 Å². The number of anilines is 1. The second kappa shape index (κ2) is 8.67. The molecule has 0 bridgehead atoms. The van der Waals surface area contributed by atoms with E-state index in [2.05, 4.69) is 35.4 Å². The minimum Gasteiger partial charge on any atom is -0.326 e. The Hall–Kier alpha value is -1.39. The molecule has 19 heavy (non-hydrogen) atoms. The summed E-state index contributed by atoms with van der Waals surface area (Å²) in [6.45, 7) is 7.89. The van der Waals surface area contributed by atoms with E-state index in [4.69, 9.17) is 0 Å². The topological polar surface area (TPSA) is 44.4 Å². The molecule has 1 amide bonds. The lowest BCUT2D eigenvalue weighted by Gasteiger charge is -2.20. The van der Waals surface area contributed by atoms with Crippen LogP contribution in [0.4, 0.5) is 5.69 Å². The van der Waals surface area contributed by atoms with Gasteiger partial charge in [0, 0.05) is 25.2 Å². The first-order chi connectivity index (χ1) is 9.21. The van der Waals surface area contributed by atoms with Gasteiger partial charge in [0.05, 0.1) is 0 Å². The Morgan fingerprint density at radius 2 is 1.89 bits per heavy atom. The lowest BCUT2D eigenvalue weighted by atomic mass is 10.1. The van der Waals surface area contributed by atoms with E-state index in [1.165, 1.54) is 5.56 Å². The standard InChI is InChI=1S/C15H25N3O/c1-4-18(5-2)12-13-8-6-7-9-14(13)17-15(19)10-11-16-3/h6-9,16H,4-5,10-12H2,1-3H3,(H,17,19). The Balaban J connectivity index is 2.69. The molecule has 0 aromatic heterocycles. The first-order valence-corrected chi connectivity index (χ1v) is 6.96. The Morgan fingerprint density at radius 1 is 1.21 bits per heavy atom. The second-order valence-corrected chi connectivity index (χ2v) is 4.52. The van der Waals surface area contributed by atoms with E-state index in [0.29, 0.717) is 13.0 Å². The molecule has 1 aromatic rings. The molecule has 0 aliphatic heterocycles. The quantitative estimate of drug-likeness (QED) is 0.755. The van der Waals surface area contributed by atoms with Crippen molar-refractivity contribution in [3.63, 3.8) is 0 Å². The molecule has 0 spiro atoms. The molecule has 1 rings (SSSR count). The zero-order valence-electron chi connectivity index (χ0n) is 12.2. The van der Waals surface area contributed by atoms with Gasteiger partial charge in [-0.3, -0.25) is 9.69 Å². The number of benzene rings is 1. The molecule has 4 heteroatoms. The minimum atomic E-state index is 0.0568. The van der Waals surface area contributed by atoms with Crippen LogP contribution in [0, 0.1) is 0 Å². The van der Waals surface area contributed by atoms with Crippen molar-refractivity contribution in [3.05, 3.63) is 29.8 Å². The van der Waals surface area contributed by atoms with Crippen molar-refractivity contribution in [1.29, 1.82) is 0 Å². The molecular weight excluding hydrogens is 238 g/mol. The second-order valence-electron chi connectivity index (χ2n) is 4.52. The summed E-state index contributed by atoms with van der Waals surface area (Å²) in [5.41, 5.74) is 2.10. The van der Waals surface area contributed by atoms with E-state index in [-0.39, 0.29) is 5.91 Å². The third-order valence-electron chi connectivity index (χ3n) is 3.18. The molecule has 0 fully saturated rings. The summed E-state index contributed by atoms with van der Waals surface area (Å²) < 4.78 is 0. The van der Waals surface area contributed by atoms with Crippen LogP contribution >= 0.6 is 0 Å². The Labute approximate surface area is 116 Å². The van der Waals surface area contributed by atoms with Crippen molar-refractivity contribution in [2.24, 2.45) is 0 Å². The minimum absolute atomic E-state index is 0.0568. The normalized spacial score (nSPS) is 10.7. The molecule has 2 N–H and O–H groups in total. The SMILES string of the molecule is CCN(CC)Cc1ccccc1NC(=O)CCNC. The Kier molecular flexibility index (Phi) is 7.15. The number of para-hydroxylation sites is 1. The third kappa shape index (κ3) is 5.41. The third-order valence-corrected chi connectivity index (χ3v) is 3.18. The number of hydrogen-bond donors (Lipinski definition) is 2. The number of carbonyl (C=O) groups excluding carboxylic acids is 1. The van der Waals surface area contributed by atoms with Gasteiger partial charge in [0.25, 0.3) is 0 Å². The van der Waals surface area contributed by atoms with Gasteiger partial charge < -0.3 is 10.6 Å². The van der Waals surface area contributed by atoms with Gasteiger partial charge >= 0.3 is 0 Å². The van der Waals surface area contributed by atoms with Crippen LogP contribution in [0.2, 0.25) is 0 Å². The summed E-state index contributed by atoms with van der Waals surface area (Å²) >= 11 is 0. The zero-order valence-corrected chi connectivity index (χ0v) is 12.2. The number of amides is 1. The highest BCUT2D eigenvalue weighted by Gasteiger charge is 2.08.